The van der Waals surface area contributed by atoms with E-state index in [1.807, 2.05) is 60.7 Å². The number of rotatable bonds is 5. The first-order valence-corrected chi connectivity index (χ1v) is 8.64. The van der Waals surface area contributed by atoms with E-state index in [2.05, 4.69) is 5.16 Å². The summed E-state index contributed by atoms with van der Waals surface area (Å²) < 4.78 is 16.7. The SMILES string of the molecule is COc1cc(OC)c(-c2noc3ccccc23)cc1Cc1ccccc1N. The van der Waals surface area contributed by atoms with Crippen LogP contribution >= 0.6 is 0 Å². The Balaban J connectivity index is 1.88. The number of aromatic nitrogens is 1. The van der Waals surface area contributed by atoms with Gasteiger partial charge >= 0.3 is 0 Å². The van der Waals surface area contributed by atoms with Gasteiger partial charge in [-0.3, -0.25) is 0 Å². The third-order valence-corrected chi connectivity index (χ3v) is 4.67. The molecule has 0 radical (unpaired) electrons. The van der Waals surface area contributed by atoms with E-state index in [4.69, 9.17) is 19.7 Å². The average Bonchev–Trinajstić information content (AvgIpc) is 3.13. The van der Waals surface area contributed by atoms with Crippen molar-refractivity contribution >= 4 is 16.7 Å². The Hall–Kier alpha value is -3.47. The minimum atomic E-state index is 0.641. The van der Waals surface area contributed by atoms with E-state index < -0.39 is 0 Å². The largest absolute Gasteiger partial charge is 0.496 e. The van der Waals surface area contributed by atoms with Gasteiger partial charge in [0.1, 0.15) is 17.2 Å². The third-order valence-electron chi connectivity index (χ3n) is 4.67. The molecule has 136 valence electrons. The second kappa shape index (κ2) is 7.03. The van der Waals surface area contributed by atoms with Gasteiger partial charge in [0, 0.05) is 29.1 Å². The zero-order chi connectivity index (χ0) is 18.8. The first kappa shape index (κ1) is 17.0. The van der Waals surface area contributed by atoms with Crippen molar-refractivity contribution in [1.82, 2.24) is 5.16 Å². The Morgan fingerprint density at radius 1 is 0.889 bits per heavy atom. The van der Waals surface area contributed by atoms with Crippen molar-refractivity contribution in [2.24, 2.45) is 0 Å². The third kappa shape index (κ3) is 3.08. The maximum atomic E-state index is 6.13. The van der Waals surface area contributed by atoms with Gasteiger partial charge < -0.3 is 19.7 Å². The summed E-state index contributed by atoms with van der Waals surface area (Å²) in [6, 6.07) is 19.5. The highest BCUT2D eigenvalue weighted by atomic mass is 16.5. The molecule has 5 heteroatoms. The van der Waals surface area contributed by atoms with Crippen LogP contribution in [-0.4, -0.2) is 19.4 Å². The molecule has 4 aromatic rings. The first-order valence-electron chi connectivity index (χ1n) is 8.64. The van der Waals surface area contributed by atoms with E-state index in [9.17, 15) is 0 Å². The molecule has 0 aliphatic rings. The first-order chi connectivity index (χ1) is 13.2. The molecule has 1 aromatic heterocycles. The fourth-order valence-corrected chi connectivity index (χ4v) is 3.27. The summed E-state index contributed by atoms with van der Waals surface area (Å²) in [5, 5.41) is 5.21. The number of nitrogens with zero attached hydrogens (tertiary/aromatic N) is 1. The molecule has 0 amide bonds. The fraction of sp³-hybridized carbons (Fsp3) is 0.136. The molecule has 27 heavy (non-hydrogen) atoms. The summed E-state index contributed by atoms with van der Waals surface area (Å²) in [4.78, 5) is 0. The predicted octanol–water partition coefficient (Wildman–Crippen LogP) is 4.69. The van der Waals surface area contributed by atoms with Gasteiger partial charge in [-0.2, -0.15) is 0 Å². The van der Waals surface area contributed by atoms with E-state index in [0.29, 0.717) is 12.2 Å². The smallest absolute Gasteiger partial charge is 0.167 e. The van der Waals surface area contributed by atoms with Gasteiger partial charge in [0.15, 0.2) is 5.58 Å². The predicted molar refractivity (Wildman–Crippen MR) is 106 cm³/mol. The molecule has 2 N–H and O–H groups in total. The minimum Gasteiger partial charge on any atom is -0.496 e. The maximum Gasteiger partial charge on any atom is 0.167 e. The van der Waals surface area contributed by atoms with Crippen LogP contribution in [0.1, 0.15) is 11.1 Å². The summed E-state index contributed by atoms with van der Waals surface area (Å²) in [7, 11) is 3.28. The van der Waals surface area contributed by atoms with Crippen LogP contribution in [0.15, 0.2) is 65.2 Å². The van der Waals surface area contributed by atoms with Crippen LogP contribution in [0, 0.1) is 0 Å². The molecule has 0 saturated carbocycles. The van der Waals surface area contributed by atoms with Crippen molar-refractivity contribution in [1.29, 1.82) is 0 Å². The van der Waals surface area contributed by atoms with E-state index in [0.717, 1.165) is 44.8 Å². The molecule has 0 aliphatic carbocycles. The fourth-order valence-electron chi connectivity index (χ4n) is 3.27. The number of para-hydroxylation sites is 2. The van der Waals surface area contributed by atoms with Crippen molar-refractivity contribution in [3.63, 3.8) is 0 Å². The Kier molecular flexibility index (Phi) is 4.42. The number of fused-ring (bicyclic) bond motifs is 1. The summed E-state index contributed by atoms with van der Waals surface area (Å²) in [5.41, 5.74) is 11.3. The van der Waals surface area contributed by atoms with Crippen molar-refractivity contribution in [3.8, 4) is 22.8 Å². The number of hydrogen-bond acceptors (Lipinski definition) is 5. The summed E-state index contributed by atoms with van der Waals surface area (Å²) in [6.07, 6.45) is 0.641. The molecule has 5 nitrogen and oxygen atoms in total. The Morgan fingerprint density at radius 2 is 1.63 bits per heavy atom. The van der Waals surface area contributed by atoms with Gasteiger partial charge in [0.2, 0.25) is 0 Å². The van der Waals surface area contributed by atoms with Crippen LogP contribution in [0.3, 0.4) is 0 Å². The van der Waals surface area contributed by atoms with Crippen molar-refractivity contribution in [3.05, 3.63) is 71.8 Å². The zero-order valence-electron chi connectivity index (χ0n) is 15.2. The lowest BCUT2D eigenvalue weighted by atomic mass is 9.97. The number of methoxy groups -OCH3 is 2. The van der Waals surface area contributed by atoms with Gasteiger partial charge in [-0.25, -0.2) is 0 Å². The summed E-state index contributed by atoms with van der Waals surface area (Å²) in [6.45, 7) is 0. The van der Waals surface area contributed by atoms with Gasteiger partial charge in [-0.05, 0) is 35.4 Å². The molecule has 0 spiro atoms. The highest BCUT2D eigenvalue weighted by Gasteiger charge is 2.18. The highest BCUT2D eigenvalue weighted by Crippen LogP contribution is 2.39. The molecule has 4 rings (SSSR count). The molecule has 0 atom stereocenters. The molecular formula is C22H20N2O3. The zero-order valence-corrected chi connectivity index (χ0v) is 15.2. The second-order valence-electron chi connectivity index (χ2n) is 6.27. The number of nitrogens with two attached hydrogens (primary N) is 1. The lowest BCUT2D eigenvalue weighted by molar-refractivity contribution is 0.392. The quantitative estimate of drug-likeness (QED) is 0.523. The molecule has 0 unspecified atom stereocenters. The Labute approximate surface area is 157 Å². The highest BCUT2D eigenvalue weighted by molar-refractivity contribution is 5.93. The van der Waals surface area contributed by atoms with Crippen LogP contribution in [0.5, 0.6) is 11.5 Å². The number of anilines is 1. The number of hydrogen-bond donors (Lipinski definition) is 1. The van der Waals surface area contributed by atoms with Crippen LogP contribution in [0.2, 0.25) is 0 Å². The lowest BCUT2D eigenvalue weighted by Gasteiger charge is -2.15. The molecule has 3 aromatic carbocycles. The van der Waals surface area contributed by atoms with Crippen molar-refractivity contribution in [2.45, 2.75) is 6.42 Å². The average molecular weight is 360 g/mol. The molecule has 0 bridgehead atoms. The van der Waals surface area contributed by atoms with E-state index in [-0.39, 0.29) is 0 Å². The van der Waals surface area contributed by atoms with Crippen LogP contribution in [-0.2, 0) is 6.42 Å². The minimum absolute atomic E-state index is 0.641. The molecular weight excluding hydrogens is 340 g/mol. The number of ether oxygens (including phenoxy) is 2. The second-order valence-corrected chi connectivity index (χ2v) is 6.27. The molecule has 0 aliphatic heterocycles. The van der Waals surface area contributed by atoms with Gasteiger partial charge in [-0.1, -0.05) is 35.5 Å². The topological polar surface area (TPSA) is 70.5 Å². The number of benzene rings is 3. The number of nitrogen functional groups attached to an aromatic ring is 1. The molecule has 0 saturated heterocycles. The molecule has 0 fully saturated rings. The van der Waals surface area contributed by atoms with Gasteiger partial charge in [0.05, 0.1) is 14.2 Å². The van der Waals surface area contributed by atoms with Crippen molar-refractivity contribution in [2.75, 3.05) is 20.0 Å². The van der Waals surface area contributed by atoms with E-state index in [1.165, 1.54) is 0 Å². The normalized spacial score (nSPS) is 10.9. The molecule has 1 heterocycles. The summed E-state index contributed by atoms with van der Waals surface area (Å²) in [5.74, 6) is 1.42. The van der Waals surface area contributed by atoms with Crippen molar-refractivity contribution < 1.29 is 14.0 Å². The van der Waals surface area contributed by atoms with Gasteiger partial charge in [0.25, 0.3) is 0 Å². The van der Waals surface area contributed by atoms with Crippen LogP contribution in [0.25, 0.3) is 22.2 Å². The van der Waals surface area contributed by atoms with E-state index in [1.54, 1.807) is 14.2 Å². The van der Waals surface area contributed by atoms with Crippen LogP contribution in [0.4, 0.5) is 5.69 Å². The standard InChI is InChI=1S/C22H20N2O3/c1-25-20-13-21(26-2)17(22-16-8-4-6-10-19(16)27-24-22)12-15(20)11-14-7-3-5-9-18(14)23/h3-10,12-13H,11,23H2,1-2H3. The lowest BCUT2D eigenvalue weighted by Crippen LogP contribution is -2.00. The maximum absolute atomic E-state index is 6.13. The van der Waals surface area contributed by atoms with E-state index >= 15 is 0 Å². The summed E-state index contributed by atoms with van der Waals surface area (Å²) >= 11 is 0. The van der Waals surface area contributed by atoms with Gasteiger partial charge in [-0.15, -0.1) is 0 Å². The Bertz CT molecular complexity index is 1100. The van der Waals surface area contributed by atoms with Crippen LogP contribution < -0.4 is 15.2 Å². The monoisotopic (exact) mass is 360 g/mol. The Morgan fingerprint density at radius 3 is 2.41 bits per heavy atom.